The molecule has 0 amide bonds. The van der Waals surface area contributed by atoms with Crippen LogP contribution in [-0.4, -0.2) is 4.98 Å². The lowest BCUT2D eigenvalue weighted by Gasteiger charge is -2.07. The summed E-state index contributed by atoms with van der Waals surface area (Å²) in [5.41, 5.74) is 4.51. The number of fused-ring (bicyclic) bond motifs is 1. The molecule has 0 aliphatic heterocycles. The van der Waals surface area contributed by atoms with Crippen molar-refractivity contribution in [2.24, 2.45) is 0 Å². The molecule has 0 aliphatic rings. The van der Waals surface area contributed by atoms with Crippen molar-refractivity contribution in [2.75, 3.05) is 5.32 Å². The van der Waals surface area contributed by atoms with Gasteiger partial charge in [-0.2, -0.15) is 5.26 Å². The Hall–Kier alpha value is -2.73. The van der Waals surface area contributed by atoms with E-state index in [1.807, 2.05) is 30.5 Å². The zero-order chi connectivity index (χ0) is 13.8. The van der Waals surface area contributed by atoms with Crippen molar-refractivity contribution in [1.29, 1.82) is 5.26 Å². The maximum atomic E-state index is 8.64. The fourth-order valence-electron chi connectivity index (χ4n) is 2.24. The Kier molecular flexibility index (Phi) is 3.38. The maximum Gasteiger partial charge on any atom is 0.0669 e. The molecule has 0 saturated carbocycles. The topological polar surface area (TPSA) is 51.6 Å². The summed E-state index contributed by atoms with van der Waals surface area (Å²) >= 11 is 0. The van der Waals surface area contributed by atoms with Crippen LogP contribution >= 0.6 is 0 Å². The molecule has 1 heterocycles. The number of nitrogens with zero attached hydrogens (tertiary/aromatic N) is 1. The van der Waals surface area contributed by atoms with Gasteiger partial charge < -0.3 is 10.3 Å². The SMILES string of the molecule is N#CCc1ccc(NCc2ccc3cc[nH]c3c2)cc1. The summed E-state index contributed by atoms with van der Waals surface area (Å²) in [6, 6.07) is 18.6. The van der Waals surface area contributed by atoms with Gasteiger partial charge in [0, 0.05) is 23.9 Å². The summed E-state index contributed by atoms with van der Waals surface area (Å²) in [5, 5.41) is 13.3. The second kappa shape index (κ2) is 5.50. The summed E-state index contributed by atoms with van der Waals surface area (Å²) in [6.07, 6.45) is 2.42. The second-order valence-electron chi connectivity index (χ2n) is 4.78. The summed E-state index contributed by atoms with van der Waals surface area (Å²) in [6.45, 7) is 0.784. The van der Waals surface area contributed by atoms with E-state index in [1.54, 1.807) is 0 Å². The van der Waals surface area contributed by atoms with Crippen LogP contribution in [0.25, 0.3) is 10.9 Å². The summed E-state index contributed by atoms with van der Waals surface area (Å²) < 4.78 is 0. The van der Waals surface area contributed by atoms with Gasteiger partial charge in [0.1, 0.15) is 0 Å². The average Bonchev–Trinajstić information content (AvgIpc) is 2.94. The van der Waals surface area contributed by atoms with Crippen molar-refractivity contribution in [2.45, 2.75) is 13.0 Å². The van der Waals surface area contributed by atoms with Crippen LogP contribution in [0.5, 0.6) is 0 Å². The van der Waals surface area contributed by atoms with Crippen molar-refractivity contribution in [3.05, 3.63) is 65.9 Å². The lowest BCUT2D eigenvalue weighted by molar-refractivity contribution is 1.15. The van der Waals surface area contributed by atoms with E-state index >= 15 is 0 Å². The minimum absolute atomic E-state index is 0.462. The van der Waals surface area contributed by atoms with Crippen LogP contribution < -0.4 is 5.32 Å². The number of aromatic amines is 1. The van der Waals surface area contributed by atoms with E-state index in [0.717, 1.165) is 23.3 Å². The number of hydrogen-bond acceptors (Lipinski definition) is 2. The Labute approximate surface area is 117 Å². The van der Waals surface area contributed by atoms with Crippen molar-refractivity contribution in [3.63, 3.8) is 0 Å². The Bertz CT molecular complexity index is 748. The van der Waals surface area contributed by atoms with E-state index in [0.29, 0.717) is 6.42 Å². The van der Waals surface area contributed by atoms with E-state index in [1.165, 1.54) is 10.9 Å². The van der Waals surface area contributed by atoms with Crippen LogP contribution in [0.4, 0.5) is 5.69 Å². The fourth-order valence-corrected chi connectivity index (χ4v) is 2.24. The molecule has 0 atom stereocenters. The summed E-state index contributed by atoms with van der Waals surface area (Å²) in [7, 11) is 0. The van der Waals surface area contributed by atoms with Crippen molar-refractivity contribution >= 4 is 16.6 Å². The van der Waals surface area contributed by atoms with E-state index in [9.17, 15) is 0 Å². The van der Waals surface area contributed by atoms with Crippen LogP contribution in [-0.2, 0) is 13.0 Å². The minimum atomic E-state index is 0.462. The number of aromatic nitrogens is 1. The van der Waals surface area contributed by atoms with Crippen molar-refractivity contribution in [1.82, 2.24) is 4.98 Å². The van der Waals surface area contributed by atoms with Crippen molar-refractivity contribution < 1.29 is 0 Å². The molecule has 3 rings (SSSR count). The quantitative estimate of drug-likeness (QED) is 0.749. The van der Waals surface area contributed by atoms with Gasteiger partial charge in [0.05, 0.1) is 12.5 Å². The van der Waals surface area contributed by atoms with Gasteiger partial charge in [-0.15, -0.1) is 0 Å². The van der Waals surface area contributed by atoms with Crippen LogP contribution in [0.15, 0.2) is 54.7 Å². The molecule has 98 valence electrons. The molecule has 0 spiro atoms. The number of H-pyrrole nitrogens is 1. The highest BCUT2D eigenvalue weighted by molar-refractivity contribution is 5.79. The second-order valence-corrected chi connectivity index (χ2v) is 4.78. The minimum Gasteiger partial charge on any atom is -0.381 e. The molecule has 1 aromatic heterocycles. The molecule has 0 saturated heterocycles. The van der Waals surface area contributed by atoms with E-state index < -0.39 is 0 Å². The van der Waals surface area contributed by atoms with Gasteiger partial charge in [0.15, 0.2) is 0 Å². The monoisotopic (exact) mass is 261 g/mol. The predicted octanol–water partition coefficient (Wildman–Crippen LogP) is 3.85. The molecule has 0 unspecified atom stereocenters. The largest absolute Gasteiger partial charge is 0.381 e. The molecule has 0 fully saturated rings. The Morgan fingerprint density at radius 2 is 1.80 bits per heavy atom. The van der Waals surface area contributed by atoms with E-state index in [2.05, 4.69) is 40.6 Å². The standard InChI is InChI=1S/C17H15N3/c18-9-7-13-2-5-16(6-3-13)20-12-14-1-4-15-8-10-19-17(15)11-14/h1-6,8,10-11,19-20H,7,12H2. The molecule has 20 heavy (non-hydrogen) atoms. The maximum absolute atomic E-state index is 8.64. The van der Waals surface area contributed by atoms with Crippen LogP contribution in [0, 0.1) is 11.3 Å². The van der Waals surface area contributed by atoms with Crippen LogP contribution in [0.2, 0.25) is 0 Å². The first kappa shape index (κ1) is 12.3. The highest BCUT2D eigenvalue weighted by atomic mass is 14.9. The number of benzene rings is 2. The molecule has 0 bridgehead atoms. The Morgan fingerprint density at radius 1 is 1.00 bits per heavy atom. The molecule has 0 aliphatic carbocycles. The third-order valence-corrected chi connectivity index (χ3v) is 3.35. The molecule has 3 nitrogen and oxygen atoms in total. The lowest BCUT2D eigenvalue weighted by Crippen LogP contribution is -1.99. The number of anilines is 1. The first-order valence-corrected chi connectivity index (χ1v) is 6.61. The normalized spacial score (nSPS) is 10.3. The van der Waals surface area contributed by atoms with Gasteiger partial charge in [-0.3, -0.25) is 0 Å². The number of nitrogens with one attached hydrogen (secondary N) is 2. The van der Waals surface area contributed by atoms with E-state index in [4.69, 9.17) is 5.26 Å². The third-order valence-electron chi connectivity index (χ3n) is 3.35. The fraction of sp³-hybridized carbons (Fsp3) is 0.118. The number of rotatable bonds is 4. The summed E-state index contributed by atoms with van der Waals surface area (Å²) in [4.78, 5) is 3.22. The number of nitriles is 1. The third kappa shape index (κ3) is 2.65. The molecule has 2 aromatic carbocycles. The average molecular weight is 261 g/mol. The molecule has 0 radical (unpaired) electrons. The lowest BCUT2D eigenvalue weighted by atomic mass is 10.1. The van der Waals surface area contributed by atoms with Gasteiger partial charge >= 0.3 is 0 Å². The van der Waals surface area contributed by atoms with Crippen molar-refractivity contribution in [3.8, 4) is 6.07 Å². The molecule has 3 aromatic rings. The molecular weight excluding hydrogens is 246 g/mol. The highest BCUT2D eigenvalue weighted by Crippen LogP contribution is 2.16. The van der Waals surface area contributed by atoms with Gasteiger partial charge in [-0.1, -0.05) is 24.3 Å². The predicted molar refractivity (Wildman–Crippen MR) is 81.4 cm³/mol. The Balaban J connectivity index is 1.67. The Morgan fingerprint density at radius 3 is 2.60 bits per heavy atom. The van der Waals surface area contributed by atoms with Crippen LogP contribution in [0.3, 0.4) is 0 Å². The first-order chi connectivity index (χ1) is 9.85. The summed E-state index contributed by atoms with van der Waals surface area (Å²) in [5.74, 6) is 0. The van der Waals surface area contributed by atoms with E-state index in [-0.39, 0.29) is 0 Å². The van der Waals surface area contributed by atoms with Gasteiger partial charge in [-0.05, 0) is 40.8 Å². The molecular formula is C17H15N3. The number of hydrogen-bond donors (Lipinski definition) is 2. The smallest absolute Gasteiger partial charge is 0.0669 e. The highest BCUT2D eigenvalue weighted by Gasteiger charge is 1.98. The zero-order valence-corrected chi connectivity index (χ0v) is 11.1. The first-order valence-electron chi connectivity index (χ1n) is 6.61. The zero-order valence-electron chi connectivity index (χ0n) is 11.1. The van der Waals surface area contributed by atoms with Gasteiger partial charge in [0.25, 0.3) is 0 Å². The van der Waals surface area contributed by atoms with Gasteiger partial charge in [-0.25, -0.2) is 0 Å². The molecule has 3 heteroatoms. The van der Waals surface area contributed by atoms with Gasteiger partial charge in [0.2, 0.25) is 0 Å². The van der Waals surface area contributed by atoms with Crippen LogP contribution in [0.1, 0.15) is 11.1 Å². The molecule has 2 N–H and O–H groups in total.